The number of carbonyl (C=O) groups excluding carboxylic acids is 1. The van der Waals surface area contributed by atoms with E-state index in [1.807, 2.05) is 0 Å². The summed E-state index contributed by atoms with van der Waals surface area (Å²) in [7, 11) is 0. The van der Waals surface area contributed by atoms with Crippen molar-refractivity contribution >= 4 is 5.97 Å². The Balaban J connectivity index is 3.71. The van der Waals surface area contributed by atoms with Gasteiger partial charge in [-0.2, -0.15) is 0 Å². The van der Waals surface area contributed by atoms with Gasteiger partial charge in [-0.3, -0.25) is 4.79 Å². The number of aliphatic hydroxyl groups excluding tert-OH is 1. The van der Waals surface area contributed by atoms with Crippen LogP contribution >= 0.6 is 0 Å². The number of unbranched alkanes of at least 4 members (excludes halogenated alkanes) is 2. The van der Waals surface area contributed by atoms with Gasteiger partial charge in [-0.25, -0.2) is 0 Å². The van der Waals surface area contributed by atoms with E-state index >= 15 is 0 Å². The zero-order valence-corrected chi connectivity index (χ0v) is 9.86. The van der Waals surface area contributed by atoms with Crippen molar-refractivity contribution in [1.82, 2.24) is 0 Å². The third kappa shape index (κ3) is 8.24. The molecule has 0 aromatic rings. The Labute approximate surface area is 97.8 Å². The van der Waals surface area contributed by atoms with E-state index in [4.69, 9.17) is 9.84 Å². The van der Waals surface area contributed by atoms with Crippen molar-refractivity contribution < 1.29 is 14.6 Å². The third-order valence-corrected chi connectivity index (χ3v) is 2.20. The smallest absolute Gasteiger partial charge is 0.306 e. The molecular weight excluding hydrogens is 204 g/mol. The number of rotatable bonds is 10. The minimum atomic E-state index is -0.174. The molecule has 0 fully saturated rings. The first-order valence-electron chi connectivity index (χ1n) is 5.76. The van der Waals surface area contributed by atoms with Gasteiger partial charge in [-0.15, -0.1) is 13.2 Å². The van der Waals surface area contributed by atoms with Gasteiger partial charge in [0.2, 0.25) is 0 Å². The van der Waals surface area contributed by atoms with Crippen LogP contribution in [0.4, 0.5) is 0 Å². The number of carbonyl (C=O) groups is 1. The summed E-state index contributed by atoms with van der Waals surface area (Å²) < 4.78 is 5.27. The van der Waals surface area contributed by atoms with Gasteiger partial charge in [0, 0.05) is 25.9 Å². The highest BCUT2D eigenvalue weighted by Crippen LogP contribution is 2.09. The first-order chi connectivity index (χ1) is 7.74. The van der Waals surface area contributed by atoms with Crippen molar-refractivity contribution in [3.05, 3.63) is 25.3 Å². The van der Waals surface area contributed by atoms with Crippen molar-refractivity contribution in [2.75, 3.05) is 6.61 Å². The number of esters is 1. The molecule has 3 nitrogen and oxygen atoms in total. The van der Waals surface area contributed by atoms with E-state index in [-0.39, 0.29) is 18.7 Å². The minimum Gasteiger partial charge on any atom is -0.462 e. The minimum absolute atomic E-state index is 0.125. The van der Waals surface area contributed by atoms with Crippen LogP contribution in [0.2, 0.25) is 0 Å². The molecule has 0 saturated carbocycles. The van der Waals surface area contributed by atoms with E-state index in [1.54, 1.807) is 12.2 Å². The van der Waals surface area contributed by atoms with Gasteiger partial charge < -0.3 is 9.84 Å². The third-order valence-electron chi connectivity index (χ3n) is 2.20. The van der Waals surface area contributed by atoms with Crippen LogP contribution in [0.5, 0.6) is 0 Å². The standard InChI is InChI=1S/C13H22O3/c1-3-8-12(9-4-2)16-13(15)10-6-5-7-11-14/h3-4,12,14H,1-2,5-11H2. The molecule has 0 aromatic heterocycles. The summed E-state index contributed by atoms with van der Waals surface area (Å²) in [5.74, 6) is -0.174. The number of hydrogen-bond donors (Lipinski definition) is 1. The Morgan fingerprint density at radius 3 is 2.31 bits per heavy atom. The molecule has 3 heteroatoms. The SMILES string of the molecule is C=CCC(CC=C)OC(=O)CCCCCO. The van der Waals surface area contributed by atoms with E-state index < -0.39 is 0 Å². The van der Waals surface area contributed by atoms with Gasteiger partial charge in [-0.05, 0) is 12.8 Å². The van der Waals surface area contributed by atoms with Crippen LogP contribution in [0.25, 0.3) is 0 Å². The molecule has 0 rings (SSSR count). The van der Waals surface area contributed by atoms with Crippen molar-refractivity contribution in [3.63, 3.8) is 0 Å². The Hall–Kier alpha value is -1.09. The molecule has 0 spiro atoms. The van der Waals surface area contributed by atoms with Gasteiger partial charge >= 0.3 is 5.97 Å². The predicted octanol–water partition coefficient (Wildman–Crippen LogP) is 2.60. The second kappa shape index (κ2) is 10.4. The largest absolute Gasteiger partial charge is 0.462 e. The van der Waals surface area contributed by atoms with Crippen molar-refractivity contribution in [1.29, 1.82) is 0 Å². The summed E-state index contributed by atoms with van der Waals surface area (Å²) in [6, 6.07) is 0. The van der Waals surface area contributed by atoms with Crippen LogP contribution in [-0.4, -0.2) is 23.8 Å². The fraction of sp³-hybridized carbons (Fsp3) is 0.615. The summed E-state index contributed by atoms with van der Waals surface area (Å²) in [6.45, 7) is 7.43. The van der Waals surface area contributed by atoms with E-state index in [0.29, 0.717) is 19.3 Å². The van der Waals surface area contributed by atoms with Crippen LogP contribution in [0, 0.1) is 0 Å². The lowest BCUT2D eigenvalue weighted by Gasteiger charge is -2.14. The van der Waals surface area contributed by atoms with Crippen molar-refractivity contribution in [2.24, 2.45) is 0 Å². The Bertz CT molecular complexity index is 201. The molecule has 0 atom stereocenters. The van der Waals surface area contributed by atoms with Gasteiger partial charge in [0.05, 0.1) is 0 Å². The zero-order valence-electron chi connectivity index (χ0n) is 9.86. The number of hydrogen-bond acceptors (Lipinski definition) is 3. The molecule has 0 amide bonds. The van der Waals surface area contributed by atoms with E-state index in [2.05, 4.69) is 13.2 Å². The molecule has 0 bridgehead atoms. The normalized spacial score (nSPS) is 10.1. The molecule has 1 N–H and O–H groups in total. The Morgan fingerprint density at radius 1 is 1.19 bits per heavy atom. The quantitative estimate of drug-likeness (QED) is 0.354. The van der Waals surface area contributed by atoms with E-state index in [9.17, 15) is 4.79 Å². The summed E-state index contributed by atoms with van der Waals surface area (Å²) in [5, 5.41) is 8.58. The Morgan fingerprint density at radius 2 is 1.81 bits per heavy atom. The lowest BCUT2D eigenvalue weighted by molar-refractivity contribution is -0.148. The van der Waals surface area contributed by atoms with Crippen LogP contribution in [0.3, 0.4) is 0 Å². The molecule has 0 radical (unpaired) electrons. The summed E-state index contributed by atoms with van der Waals surface area (Å²) in [6.07, 6.45) is 7.48. The second-order valence-electron chi connectivity index (χ2n) is 3.69. The first-order valence-corrected chi connectivity index (χ1v) is 5.76. The maximum atomic E-state index is 11.4. The highest BCUT2D eigenvalue weighted by Gasteiger charge is 2.10. The zero-order chi connectivity index (χ0) is 12.2. The molecule has 0 aliphatic heterocycles. The summed E-state index contributed by atoms with van der Waals surface area (Å²) >= 11 is 0. The van der Waals surface area contributed by atoms with Crippen molar-refractivity contribution in [3.8, 4) is 0 Å². The highest BCUT2D eigenvalue weighted by molar-refractivity contribution is 5.69. The number of ether oxygens (including phenoxy) is 1. The van der Waals surface area contributed by atoms with Crippen LogP contribution in [0.15, 0.2) is 25.3 Å². The Kier molecular flexibility index (Phi) is 9.72. The monoisotopic (exact) mass is 226 g/mol. The molecule has 0 aliphatic rings. The fourth-order valence-corrected chi connectivity index (χ4v) is 1.37. The molecule has 92 valence electrons. The average molecular weight is 226 g/mol. The van der Waals surface area contributed by atoms with Crippen LogP contribution in [0.1, 0.15) is 38.5 Å². The average Bonchev–Trinajstić information content (AvgIpc) is 2.25. The lowest BCUT2D eigenvalue weighted by atomic mass is 10.1. The molecule has 0 unspecified atom stereocenters. The van der Waals surface area contributed by atoms with E-state index in [0.717, 1.165) is 19.3 Å². The van der Waals surface area contributed by atoms with Gasteiger partial charge in [0.25, 0.3) is 0 Å². The first kappa shape index (κ1) is 14.9. The molecule has 0 aromatic carbocycles. The van der Waals surface area contributed by atoms with Crippen molar-refractivity contribution in [2.45, 2.75) is 44.6 Å². The predicted molar refractivity (Wildman–Crippen MR) is 65.1 cm³/mol. The van der Waals surface area contributed by atoms with Gasteiger partial charge in [0.15, 0.2) is 0 Å². The topological polar surface area (TPSA) is 46.5 Å². The van der Waals surface area contributed by atoms with Crippen LogP contribution in [-0.2, 0) is 9.53 Å². The van der Waals surface area contributed by atoms with Crippen LogP contribution < -0.4 is 0 Å². The molecule has 16 heavy (non-hydrogen) atoms. The lowest BCUT2D eigenvalue weighted by Crippen LogP contribution is -2.16. The maximum absolute atomic E-state index is 11.4. The summed E-state index contributed by atoms with van der Waals surface area (Å²) in [4.78, 5) is 11.4. The molecule has 0 saturated heterocycles. The highest BCUT2D eigenvalue weighted by atomic mass is 16.5. The molecular formula is C13H22O3. The summed E-state index contributed by atoms with van der Waals surface area (Å²) in [5.41, 5.74) is 0. The molecule has 0 heterocycles. The van der Waals surface area contributed by atoms with E-state index in [1.165, 1.54) is 0 Å². The maximum Gasteiger partial charge on any atom is 0.306 e. The molecule has 0 aliphatic carbocycles. The second-order valence-corrected chi connectivity index (χ2v) is 3.69. The fourth-order valence-electron chi connectivity index (χ4n) is 1.37. The van der Waals surface area contributed by atoms with Gasteiger partial charge in [0.1, 0.15) is 6.10 Å². The van der Waals surface area contributed by atoms with Gasteiger partial charge in [-0.1, -0.05) is 18.6 Å². The number of aliphatic hydroxyl groups is 1.